The molecule has 11 heteroatoms. The van der Waals surface area contributed by atoms with Gasteiger partial charge in [0.2, 0.25) is 21.8 Å². The Morgan fingerprint density at radius 3 is 2.44 bits per heavy atom. The summed E-state index contributed by atoms with van der Waals surface area (Å²) in [7, 11) is -3.89. The normalized spacial score (nSPS) is 12.2. The van der Waals surface area contributed by atoms with Gasteiger partial charge in [0.15, 0.2) is 0 Å². The van der Waals surface area contributed by atoms with E-state index in [2.05, 4.69) is 21.2 Å². The van der Waals surface area contributed by atoms with Gasteiger partial charge >= 0.3 is 0 Å². The molecular formula is C21H24BrCl2N3O4S. The smallest absolute Gasteiger partial charge is 0.244 e. The fraction of sp³-hybridized carbons (Fsp3) is 0.333. The highest BCUT2D eigenvalue weighted by Crippen LogP contribution is 2.31. The zero-order valence-corrected chi connectivity index (χ0v) is 21.7. The monoisotopic (exact) mass is 563 g/mol. The molecule has 7 nitrogen and oxygen atoms in total. The Morgan fingerprint density at radius 2 is 1.84 bits per heavy atom. The van der Waals surface area contributed by atoms with Crippen LogP contribution >= 0.6 is 39.1 Å². The van der Waals surface area contributed by atoms with Crippen molar-refractivity contribution in [1.29, 1.82) is 0 Å². The van der Waals surface area contributed by atoms with Gasteiger partial charge in [-0.2, -0.15) is 0 Å². The van der Waals surface area contributed by atoms with E-state index in [1.807, 2.05) is 24.3 Å². The molecule has 0 aliphatic rings. The maximum Gasteiger partial charge on any atom is 0.244 e. The van der Waals surface area contributed by atoms with Gasteiger partial charge in [0.05, 0.1) is 17.0 Å². The van der Waals surface area contributed by atoms with Gasteiger partial charge in [0, 0.05) is 22.6 Å². The Bertz CT molecular complexity index is 1100. The van der Waals surface area contributed by atoms with Gasteiger partial charge in [-0.25, -0.2) is 8.42 Å². The van der Waals surface area contributed by atoms with Crippen molar-refractivity contribution in [3.8, 4) is 0 Å². The van der Waals surface area contributed by atoms with E-state index in [1.54, 1.807) is 13.8 Å². The number of nitrogens with zero attached hydrogens (tertiary/aromatic N) is 2. The van der Waals surface area contributed by atoms with E-state index in [1.165, 1.54) is 23.1 Å². The van der Waals surface area contributed by atoms with Crippen LogP contribution in [0.1, 0.15) is 19.4 Å². The lowest BCUT2D eigenvalue weighted by Crippen LogP contribution is -2.51. The maximum atomic E-state index is 13.4. The van der Waals surface area contributed by atoms with E-state index < -0.39 is 28.5 Å². The van der Waals surface area contributed by atoms with E-state index in [-0.39, 0.29) is 28.2 Å². The highest BCUT2D eigenvalue weighted by atomic mass is 79.9. The first kappa shape index (κ1) is 26.4. The Morgan fingerprint density at radius 1 is 1.16 bits per heavy atom. The van der Waals surface area contributed by atoms with Crippen LogP contribution in [0.15, 0.2) is 46.9 Å². The summed E-state index contributed by atoms with van der Waals surface area (Å²) >= 11 is 15.6. The number of hydrogen-bond donors (Lipinski definition) is 1. The Hall–Kier alpha value is -1.81. The average Bonchev–Trinajstić information content (AvgIpc) is 2.71. The van der Waals surface area contributed by atoms with E-state index in [9.17, 15) is 18.0 Å². The molecule has 0 radical (unpaired) electrons. The number of nitrogens with one attached hydrogen (secondary N) is 1. The molecule has 1 N–H and O–H groups in total. The van der Waals surface area contributed by atoms with Crippen molar-refractivity contribution in [2.45, 2.75) is 26.4 Å². The summed E-state index contributed by atoms with van der Waals surface area (Å²) in [4.78, 5) is 27.2. The minimum atomic E-state index is -3.89. The molecular weight excluding hydrogens is 541 g/mol. The van der Waals surface area contributed by atoms with Gasteiger partial charge in [-0.15, -0.1) is 0 Å². The molecule has 2 rings (SSSR count). The Kier molecular flexibility index (Phi) is 9.39. The first-order valence-corrected chi connectivity index (χ1v) is 13.1. The summed E-state index contributed by atoms with van der Waals surface area (Å²) in [5.41, 5.74) is 0.860. The molecule has 1 atom stereocenters. The van der Waals surface area contributed by atoms with Crippen LogP contribution in [-0.4, -0.2) is 50.5 Å². The molecule has 0 spiro atoms. The van der Waals surface area contributed by atoms with E-state index in [0.29, 0.717) is 6.54 Å². The van der Waals surface area contributed by atoms with Crippen molar-refractivity contribution >= 4 is 66.7 Å². The van der Waals surface area contributed by atoms with Gasteiger partial charge in [-0.3, -0.25) is 13.9 Å². The number of anilines is 1. The van der Waals surface area contributed by atoms with Crippen LogP contribution in [0.2, 0.25) is 10.0 Å². The van der Waals surface area contributed by atoms with Crippen LogP contribution in [0.4, 0.5) is 5.69 Å². The van der Waals surface area contributed by atoms with E-state index >= 15 is 0 Å². The molecule has 32 heavy (non-hydrogen) atoms. The molecule has 0 aliphatic heterocycles. The van der Waals surface area contributed by atoms with Crippen LogP contribution in [0.5, 0.6) is 0 Å². The number of likely N-dealkylation sites (N-methyl/N-ethyl adjacent to an activating group) is 1. The molecule has 2 amide bonds. The zero-order chi connectivity index (χ0) is 24.1. The van der Waals surface area contributed by atoms with Crippen molar-refractivity contribution in [1.82, 2.24) is 10.2 Å². The summed E-state index contributed by atoms with van der Waals surface area (Å²) in [6, 6.07) is 10.8. The van der Waals surface area contributed by atoms with E-state index in [4.69, 9.17) is 23.2 Å². The molecule has 0 fully saturated rings. The molecule has 0 heterocycles. The van der Waals surface area contributed by atoms with Gasteiger partial charge in [0.25, 0.3) is 0 Å². The second-order valence-electron chi connectivity index (χ2n) is 7.09. The largest absolute Gasteiger partial charge is 0.355 e. The maximum absolute atomic E-state index is 13.4. The lowest BCUT2D eigenvalue weighted by Gasteiger charge is -2.31. The molecule has 0 aromatic heterocycles. The standard InChI is InChI=1S/C21H24BrCl2N3O4S/c1-4-25-21(29)14(2)26(12-15-6-5-7-16(22)10-15)20(28)13-27(32(3,30)31)19-11-17(23)8-9-18(19)24/h5-11,14H,4,12-13H2,1-3H3,(H,25,29)/t14-/m0/s1. The number of carbonyl (C=O) groups is 2. The predicted octanol–water partition coefficient (Wildman–Crippen LogP) is 4.08. The molecule has 174 valence electrons. The van der Waals surface area contributed by atoms with Gasteiger partial charge in [0.1, 0.15) is 12.6 Å². The number of carbonyl (C=O) groups excluding carboxylic acids is 2. The van der Waals surface area contributed by atoms with E-state index in [0.717, 1.165) is 20.6 Å². The molecule has 0 bridgehead atoms. The highest BCUT2D eigenvalue weighted by Gasteiger charge is 2.30. The molecule has 0 saturated heterocycles. The summed E-state index contributed by atoms with van der Waals surface area (Å²) in [5, 5.41) is 3.10. The van der Waals surface area contributed by atoms with Crippen LogP contribution < -0.4 is 9.62 Å². The fourth-order valence-electron chi connectivity index (χ4n) is 3.01. The van der Waals surface area contributed by atoms with Crippen molar-refractivity contribution in [2.75, 3.05) is 23.7 Å². The number of amides is 2. The average molecular weight is 565 g/mol. The summed E-state index contributed by atoms with van der Waals surface area (Å²) in [6.07, 6.45) is 0.976. The number of hydrogen-bond acceptors (Lipinski definition) is 4. The van der Waals surface area contributed by atoms with Crippen molar-refractivity contribution in [3.63, 3.8) is 0 Å². The first-order chi connectivity index (χ1) is 14.9. The molecule has 2 aromatic carbocycles. The first-order valence-electron chi connectivity index (χ1n) is 9.68. The van der Waals surface area contributed by atoms with Gasteiger partial charge in [-0.05, 0) is 49.7 Å². The second kappa shape index (κ2) is 11.4. The second-order valence-corrected chi connectivity index (χ2v) is 10.8. The summed E-state index contributed by atoms with van der Waals surface area (Å²) in [6.45, 7) is 3.33. The Labute approximate surface area is 206 Å². The molecule has 0 aliphatic carbocycles. The number of rotatable bonds is 9. The van der Waals surface area contributed by atoms with Crippen LogP contribution in [0.3, 0.4) is 0 Å². The lowest BCUT2D eigenvalue weighted by atomic mass is 10.1. The van der Waals surface area contributed by atoms with Crippen LogP contribution in [0, 0.1) is 0 Å². The number of benzene rings is 2. The molecule has 2 aromatic rings. The molecule has 0 unspecified atom stereocenters. The topological polar surface area (TPSA) is 86.8 Å². The Balaban J connectivity index is 2.43. The summed E-state index contributed by atoms with van der Waals surface area (Å²) in [5.74, 6) is -0.910. The fourth-order valence-corrected chi connectivity index (χ4v) is 4.74. The highest BCUT2D eigenvalue weighted by molar-refractivity contribution is 9.10. The predicted molar refractivity (Wildman–Crippen MR) is 131 cm³/mol. The minimum Gasteiger partial charge on any atom is -0.355 e. The van der Waals surface area contributed by atoms with Crippen molar-refractivity contribution in [2.24, 2.45) is 0 Å². The van der Waals surface area contributed by atoms with Gasteiger partial charge < -0.3 is 10.2 Å². The lowest BCUT2D eigenvalue weighted by molar-refractivity contribution is -0.139. The zero-order valence-electron chi connectivity index (χ0n) is 17.8. The van der Waals surface area contributed by atoms with Crippen LogP contribution in [0.25, 0.3) is 0 Å². The number of sulfonamides is 1. The summed E-state index contributed by atoms with van der Waals surface area (Å²) < 4.78 is 26.8. The number of halogens is 3. The third-order valence-corrected chi connectivity index (χ3v) is 6.79. The third-order valence-electron chi connectivity index (χ3n) is 4.62. The van der Waals surface area contributed by atoms with Crippen molar-refractivity contribution in [3.05, 3.63) is 62.5 Å². The third kappa shape index (κ3) is 7.10. The minimum absolute atomic E-state index is 0.0862. The van der Waals surface area contributed by atoms with Crippen molar-refractivity contribution < 1.29 is 18.0 Å². The van der Waals surface area contributed by atoms with Gasteiger partial charge in [-0.1, -0.05) is 51.3 Å². The molecule has 0 saturated carbocycles. The van der Waals surface area contributed by atoms with Crippen LogP contribution in [-0.2, 0) is 26.2 Å². The SMILES string of the molecule is CCNC(=O)[C@H](C)N(Cc1cccc(Br)c1)C(=O)CN(c1cc(Cl)ccc1Cl)S(C)(=O)=O. The quantitative estimate of drug-likeness (QED) is 0.497.